The van der Waals surface area contributed by atoms with Crippen LogP contribution in [0, 0.1) is 0 Å². The van der Waals surface area contributed by atoms with E-state index in [-0.39, 0.29) is 5.75 Å². The van der Waals surface area contributed by atoms with E-state index in [2.05, 4.69) is 31.2 Å². The van der Waals surface area contributed by atoms with Crippen molar-refractivity contribution in [1.29, 1.82) is 0 Å². The zero-order valence-electron chi connectivity index (χ0n) is 10.6. The molecule has 6 heteroatoms. The number of nitrogens with zero attached hydrogens (tertiary/aromatic N) is 3. The van der Waals surface area contributed by atoms with Gasteiger partial charge in [0.1, 0.15) is 10.4 Å². The fourth-order valence-electron chi connectivity index (χ4n) is 2.00. The molecule has 0 saturated carbocycles. The number of nitrogens with one attached hydrogen (secondary N) is 1. The number of hydrogen-bond donors (Lipinski definition) is 2. The number of aromatic hydroxyl groups is 1. The van der Waals surface area contributed by atoms with Gasteiger partial charge in [-0.3, -0.25) is 4.40 Å². The molecule has 0 atom stereocenters. The molecule has 0 fully saturated rings. The third-order valence-corrected chi connectivity index (χ3v) is 3.42. The number of hydrogen-bond acceptors (Lipinski definition) is 4. The molecule has 1 aromatic carbocycles. The van der Waals surface area contributed by atoms with Gasteiger partial charge in [-0.15, -0.1) is 0 Å². The van der Waals surface area contributed by atoms with Crippen molar-refractivity contribution in [2.24, 2.45) is 0 Å². The van der Waals surface area contributed by atoms with E-state index in [9.17, 15) is 5.11 Å². The summed E-state index contributed by atoms with van der Waals surface area (Å²) in [6.45, 7) is 1.44. The first kappa shape index (κ1) is 13.1. The first-order chi connectivity index (χ1) is 9.72. The van der Waals surface area contributed by atoms with Gasteiger partial charge >= 0.3 is 0 Å². The van der Waals surface area contributed by atoms with E-state index in [1.54, 1.807) is 18.3 Å². The smallest absolute Gasteiger partial charge is 0.155 e. The van der Waals surface area contributed by atoms with Gasteiger partial charge in [-0.2, -0.15) is 0 Å². The van der Waals surface area contributed by atoms with Gasteiger partial charge in [-0.1, -0.05) is 12.1 Å². The van der Waals surface area contributed by atoms with E-state index in [4.69, 9.17) is 0 Å². The molecule has 5 nitrogen and oxygen atoms in total. The molecule has 0 spiro atoms. The van der Waals surface area contributed by atoms with Gasteiger partial charge in [0.25, 0.3) is 0 Å². The highest BCUT2D eigenvalue weighted by atomic mass is 79.9. The Hall–Kier alpha value is -1.92. The monoisotopic (exact) mass is 332 g/mol. The average molecular weight is 333 g/mol. The minimum atomic E-state index is 0.285. The fraction of sp³-hybridized carbons (Fsp3) is 0.143. The summed E-state index contributed by atoms with van der Waals surface area (Å²) in [5, 5.41) is 12.6. The molecule has 0 radical (unpaired) electrons. The lowest BCUT2D eigenvalue weighted by Gasteiger charge is -2.05. The number of halogens is 1. The van der Waals surface area contributed by atoms with E-state index in [0.29, 0.717) is 6.54 Å². The number of aromatic nitrogens is 3. The first-order valence-electron chi connectivity index (χ1n) is 6.18. The van der Waals surface area contributed by atoms with Crippen molar-refractivity contribution < 1.29 is 5.11 Å². The number of phenols is 1. The molecular formula is C14H13BrN4O. The van der Waals surface area contributed by atoms with Crippen LogP contribution in [0.1, 0.15) is 11.3 Å². The van der Waals surface area contributed by atoms with Crippen molar-refractivity contribution in [2.45, 2.75) is 13.1 Å². The highest BCUT2D eigenvalue weighted by Crippen LogP contribution is 2.12. The molecule has 2 N–H and O–H groups in total. The summed E-state index contributed by atoms with van der Waals surface area (Å²) in [5.41, 5.74) is 3.02. The molecule has 20 heavy (non-hydrogen) atoms. The van der Waals surface area contributed by atoms with E-state index >= 15 is 0 Å². The van der Waals surface area contributed by atoms with Crippen LogP contribution in [0.3, 0.4) is 0 Å². The number of rotatable bonds is 4. The zero-order valence-corrected chi connectivity index (χ0v) is 12.2. The molecule has 0 aliphatic heterocycles. The summed E-state index contributed by atoms with van der Waals surface area (Å²) in [5.74, 6) is 0.285. The van der Waals surface area contributed by atoms with Crippen LogP contribution in [0.2, 0.25) is 0 Å². The maximum Gasteiger partial charge on any atom is 0.155 e. The van der Waals surface area contributed by atoms with Crippen LogP contribution in [-0.2, 0) is 13.1 Å². The third kappa shape index (κ3) is 2.81. The second-order valence-electron chi connectivity index (χ2n) is 4.46. The fourth-order valence-corrected chi connectivity index (χ4v) is 2.30. The third-order valence-electron chi connectivity index (χ3n) is 3.01. The Morgan fingerprint density at radius 2 is 1.90 bits per heavy atom. The Morgan fingerprint density at radius 1 is 1.10 bits per heavy atom. The first-order valence-corrected chi connectivity index (χ1v) is 6.98. The number of phenolic OH excluding ortho intramolecular Hbond substituents is 1. The van der Waals surface area contributed by atoms with E-state index in [1.807, 2.05) is 28.9 Å². The van der Waals surface area contributed by atoms with Gasteiger partial charge in [-0.05, 0) is 33.6 Å². The SMILES string of the molecule is Oc1ccc(CNCc2cnc3cnc(Br)cn23)cc1. The summed E-state index contributed by atoms with van der Waals surface area (Å²) in [7, 11) is 0. The van der Waals surface area contributed by atoms with Crippen molar-refractivity contribution in [3.05, 3.63) is 58.7 Å². The van der Waals surface area contributed by atoms with Gasteiger partial charge in [-0.25, -0.2) is 9.97 Å². The van der Waals surface area contributed by atoms with Crippen molar-refractivity contribution >= 4 is 21.6 Å². The number of fused-ring (bicyclic) bond motifs is 1. The molecule has 3 rings (SSSR count). The van der Waals surface area contributed by atoms with Crippen LogP contribution >= 0.6 is 15.9 Å². The van der Waals surface area contributed by atoms with E-state index in [0.717, 1.165) is 28.1 Å². The van der Waals surface area contributed by atoms with Gasteiger partial charge < -0.3 is 10.4 Å². The van der Waals surface area contributed by atoms with E-state index < -0.39 is 0 Å². The van der Waals surface area contributed by atoms with Gasteiger partial charge in [0.05, 0.1) is 18.1 Å². The summed E-state index contributed by atoms with van der Waals surface area (Å²) < 4.78 is 2.78. The lowest BCUT2D eigenvalue weighted by molar-refractivity contribution is 0.475. The Kier molecular flexibility index (Phi) is 3.66. The molecule has 3 aromatic rings. The van der Waals surface area contributed by atoms with Gasteiger partial charge in [0.15, 0.2) is 5.65 Å². The number of imidazole rings is 1. The molecule has 102 valence electrons. The van der Waals surface area contributed by atoms with Crippen LogP contribution in [0.4, 0.5) is 0 Å². The van der Waals surface area contributed by atoms with Crippen LogP contribution in [0.5, 0.6) is 5.75 Å². The molecule has 0 aliphatic rings. The lowest BCUT2D eigenvalue weighted by atomic mass is 10.2. The average Bonchev–Trinajstić information content (AvgIpc) is 2.84. The molecule has 0 saturated heterocycles. The molecular weight excluding hydrogens is 320 g/mol. The van der Waals surface area contributed by atoms with E-state index in [1.165, 1.54) is 0 Å². The van der Waals surface area contributed by atoms with Crippen molar-refractivity contribution in [3.63, 3.8) is 0 Å². The maximum atomic E-state index is 9.23. The van der Waals surface area contributed by atoms with Crippen LogP contribution in [0.25, 0.3) is 5.65 Å². The highest BCUT2D eigenvalue weighted by molar-refractivity contribution is 9.10. The predicted molar refractivity (Wildman–Crippen MR) is 79.3 cm³/mol. The standard InChI is InChI=1S/C14H13BrN4O/c15-13-9-19-11(7-18-14(19)8-17-13)6-16-5-10-1-3-12(20)4-2-10/h1-4,7-9,16,20H,5-6H2. The van der Waals surface area contributed by atoms with Gasteiger partial charge in [0.2, 0.25) is 0 Å². The second kappa shape index (κ2) is 5.60. The quantitative estimate of drug-likeness (QED) is 0.770. The topological polar surface area (TPSA) is 62.5 Å². The largest absolute Gasteiger partial charge is 0.508 e. The Bertz CT molecular complexity index is 724. The summed E-state index contributed by atoms with van der Waals surface area (Å²) >= 11 is 3.36. The molecule has 2 heterocycles. The predicted octanol–water partition coefficient (Wildman–Crippen LogP) is 2.49. The summed E-state index contributed by atoms with van der Waals surface area (Å²) in [6.07, 6.45) is 5.47. The highest BCUT2D eigenvalue weighted by Gasteiger charge is 2.04. The van der Waals surface area contributed by atoms with Crippen molar-refractivity contribution in [1.82, 2.24) is 19.7 Å². The second-order valence-corrected chi connectivity index (χ2v) is 5.27. The summed E-state index contributed by atoms with van der Waals surface area (Å²) in [6, 6.07) is 7.18. The lowest BCUT2D eigenvalue weighted by Crippen LogP contribution is -2.14. The van der Waals surface area contributed by atoms with Crippen LogP contribution in [0.15, 0.2) is 47.5 Å². The molecule has 0 unspecified atom stereocenters. The normalized spacial score (nSPS) is 11.1. The van der Waals surface area contributed by atoms with Crippen LogP contribution in [-0.4, -0.2) is 19.5 Å². The Balaban J connectivity index is 1.68. The Morgan fingerprint density at radius 3 is 2.70 bits per heavy atom. The molecule has 0 aliphatic carbocycles. The van der Waals surface area contributed by atoms with Crippen LogP contribution < -0.4 is 5.32 Å². The maximum absolute atomic E-state index is 9.23. The molecule has 2 aromatic heterocycles. The van der Waals surface area contributed by atoms with Gasteiger partial charge in [0, 0.05) is 19.3 Å². The Labute approximate surface area is 124 Å². The molecule has 0 amide bonds. The molecule has 0 bridgehead atoms. The minimum Gasteiger partial charge on any atom is -0.508 e. The minimum absolute atomic E-state index is 0.285. The van der Waals surface area contributed by atoms with Crippen molar-refractivity contribution in [3.8, 4) is 5.75 Å². The number of benzene rings is 1. The van der Waals surface area contributed by atoms with Crippen molar-refractivity contribution in [2.75, 3.05) is 0 Å². The zero-order chi connectivity index (χ0) is 13.9. The summed E-state index contributed by atoms with van der Waals surface area (Å²) in [4.78, 5) is 8.45.